The average Bonchev–Trinajstić information content (AvgIpc) is 2.56. The van der Waals surface area contributed by atoms with Gasteiger partial charge in [0.05, 0.1) is 0 Å². The summed E-state index contributed by atoms with van der Waals surface area (Å²) in [6.45, 7) is 0. The zero-order valence-electron chi connectivity index (χ0n) is 7.69. The number of rotatable bonds is 3. The summed E-state index contributed by atoms with van der Waals surface area (Å²) >= 11 is 5.60. The molecule has 0 fully saturated rings. The van der Waals surface area contributed by atoms with Gasteiger partial charge in [0.25, 0.3) is 0 Å². The van der Waals surface area contributed by atoms with Crippen molar-refractivity contribution in [2.75, 3.05) is 5.88 Å². The second kappa shape index (κ2) is 4.01. The molecule has 74 valence electrons. The number of H-pyrrole nitrogens is 1. The van der Waals surface area contributed by atoms with E-state index < -0.39 is 0 Å². The van der Waals surface area contributed by atoms with E-state index in [1.165, 1.54) is 12.1 Å². The minimum absolute atomic E-state index is 0.194. The predicted molar refractivity (Wildman–Crippen MR) is 57.3 cm³/mol. The Morgan fingerprint density at radius 2 is 2.14 bits per heavy atom. The molecule has 0 saturated heterocycles. The molecule has 2 aromatic rings. The quantitative estimate of drug-likeness (QED) is 0.749. The van der Waals surface area contributed by atoms with Gasteiger partial charge in [-0.3, -0.25) is 0 Å². The Morgan fingerprint density at radius 3 is 2.93 bits per heavy atom. The van der Waals surface area contributed by atoms with Gasteiger partial charge in [-0.1, -0.05) is 0 Å². The van der Waals surface area contributed by atoms with Crippen LogP contribution < -0.4 is 0 Å². The third kappa shape index (κ3) is 1.90. The summed E-state index contributed by atoms with van der Waals surface area (Å²) in [5.74, 6) is 0.462. The van der Waals surface area contributed by atoms with E-state index in [2.05, 4.69) is 4.98 Å². The molecule has 1 N–H and O–H groups in total. The van der Waals surface area contributed by atoms with Crippen molar-refractivity contribution < 1.29 is 4.39 Å². The number of fused-ring (bicyclic) bond motifs is 1. The van der Waals surface area contributed by atoms with Crippen molar-refractivity contribution in [2.45, 2.75) is 12.8 Å². The highest BCUT2D eigenvalue weighted by Crippen LogP contribution is 2.17. The number of hydrogen-bond donors (Lipinski definition) is 1. The van der Waals surface area contributed by atoms with Crippen LogP contribution in [-0.2, 0) is 6.42 Å². The molecule has 3 heteroatoms. The molecule has 0 unspecified atom stereocenters. The summed E-state index contributed by atoms with van der Waals surface area (Å²) in [4.78, 5) is 3.23. The number of alkyl halides is 1. The van der Waals surface area contributed by atoms with Gasteiger partial charge in [-0.05, 0) is 37.1 Å². The minimum atomic E-state index is -0.194. The number of benzene rings is 1. The Hall–Kier alpha value is -1.02. The fraction of sp³-hybridized carbons (Fsp3) is 0.273. The minimum Gasteiger partial charge on any atom is -0.358 e. The van der Waals surface area contributed by atoms with Crippen LogP contribution in [0.2, 0.25) is 0 Å². The predicted octanol–water partition coefficient (Wildman–Crippen LogP) is 3.48. The van der Waals surface area contributed by atoms with Gasteiger partial charge in [0.2, 0.25) is 0 Å². The van der Waals surface area contributed by atoms with E-state index in [1.807, 2.05) is 6.07 Å². The summed E-state index contributed by atoms with van der Waals surface area (Å²) in [7, 11) is 0. The van der Waals surface area contributed by atoms with Crippen LogP contribution in [0.1, 0.15) is 12.1 Å². The molecule has 1 aromatic heterocycles. The molecule has 2 rings (SSSR count). The van der Waals surface area contributed by atoms with Gasteiger partial charge in [0, 0.05) is 22.5 Å². The Labute approximate surface area is 86.9 Å². The van der Waals surface area contributed by atoms with E-state index in [9.17, 15) is 4.39 Å². The van der Waals surface area contributed by atoms with Crippen molar-refractivity contribution in [3.63, 3.8) is 0 Å². The van der Waals surface area contributed by atoms with E-state index in [1.54, 1.807) is 6.07 Å². The third-order valence-electron chi connectivity index (χ3n) is 2.22. The van der Waals surface area contributed by atoms with E-state index in [-0.39, 0.29) is 5.82 Å². The van der Waals surface area contributed by atoms with Crippen LogP contribution in [0.15, 0.2) is 24.3 Å². The smallest absolute Gasteiger partial charge is 0.123 e. The Balaban J connectivity index is 2.32. The van der Waals surface area contributed by atoms with Crippen molar-refractivity contribution in [2.24, 2.45) is 0 Å². The Kier molecular flexibility index (Phi) is 2.73. The first-order chi connectivity index (χ1) is 6.79. The zero-order chi connectivity index (χ0) is 9.97. The molecular weight excluding hydrogens is 201 g/mol. The molecule has 0 saturated carbocycles. The van der Waals surface area contributed by atoms with Crippen LogP contribution in [0.5, 0.6) is 0 Å². The highest BCUT2D eigenvalue weighted by molar-refractivity contribution is 6.17. The van der Waals surface area contributed by atoms with Crippen molar-refractivity contribution in [1.29, 1.82) is 0 Å². The van der Waals surface area contributed by atoms with Gasteiger partial charge in [-0.2, -0.15) is 0 Å². The van der Waals surface area contributed by atoms with Gasteiger partial charge < -0.3 is 4.98 Å². The topological polar surface area (TPSA) is 15.8 Å². The molecule has 1 aromatic carbocycles. The molecule has 0 amide bonds. The summed E-state index contributed by atoms with van der Waals surface area (Å²) in [6, 6.07) is 6.74. The number of aromatic amines is 1. The van der Waals surface area contributed by atoms with Crippen LogP contribution >= 0.6 is 11.6 Å². The van der Waals surface area contributed by atoms with Gasteiger partial charge in [0.15, 0.2) is 0 Å². The fourth-order valence-corrected chi connectivity index (χ4v) is 1.69. The molecule has 0 aliphatic heterocycles. The molecule has 14 heavy (non-hydrogen) atoms. The molecule has 0 aliphatic rings. The molecule has 0 spiro atoms. The molecular formula is C11H11ClFN. The maximum atomic E-state index is 12.9. The summed E-state index contributed by atoms with van der Waals surface area (Å²) in [6.07, 6.45) is 1.86. The number of nitrogens with one attached hydrogen (secondary N) is 1. The highest BCUT2D eigenvalue weighted by atomic mass is 35.5. The molecule has 0 radical (unpaired) electrons. The lowest BCUT2D eigenvalue weighted by Crippen LogP contribution is -1.84. The first-order valence-corrected chi connectivity index (χ1v) is 5.16. The maximum Gasteiger partial charge on any atom is 0.123 e. The van der Waals surface area contributed by atoms with E-state index >= 15 is 0 Å². The second-order valence-electron chi connectivity index (χ2n) is 3.32. The van der Waals surface area contributed by atoms with Crippen LogP contribution in [0.25, 0.3) is 10.9 Å². The largest absolute Gasteiger partial charge is 0.358 e. The number of aromatic nitrogens is 1. The lowest BCUT2D eigenvalue weighted by molar-refractivity contribution is 0.630. The summed E-state index contributed by atoms with van der Waals surface area (Å²) in [5, 5.41) is 0.926. The van der Waals surface area contributed by atoms with Crippen LogP contribution in [-0.4, -0.2) is 10.9 Å². The first kappa shape index (κ1) is 9.53. The van der Waals surface area contributed by atoms with Crippen molar-refractivity contribution in [3.05, 3.63) is 35.8 Å². The van der Waals surface area contributed by atoms with Crippen molar-refractivity contribution in [3.8, 4) is 0 Å². The summed E-state index contributed by atoms with van der Waals surface area (Å²) < 4.78 is 12.9. The number of aryl methyl sites for hydroxylation is 1. The maximum absolute atomic E-state index is 12.9. The fourth-order valence-electron chi connectivity index (χ4n) is 1.56. The van der Waals surface area contributed by atoms with Gasteiger partial charge >= 0.3 is 0 Å². The van der Waals surface area contributed by atoms with Crippen molar-refractivity contribution >= 4 is 22.5 Å². The van der Waals surface area contributed by atoms with Crippen LogP contribution in [0.4, 0.5) is 4.39 Å². The van der Waals surface area contributed by atoms with E-state index in [4.69, 9.17) is 11.6 Å². The Bertz CT molecular complexity index is 436. The summed E-state index contributed by atoms with van der Waals surface area (Å²) in [5.41, 5.74) is 2.10. The lowest BCUT2D eigenvalue weighted by atomic mass is 10.2. The van der Waals surface area contributed by atoms with Crippen LogP contribution in [0, 0.1) is 5.82 Å². The standard InChI is InChI=1S/C11H11ClFN/c12-5-1-2-10-7-8-6-9(13)3-4-11(8)14-10/h3-4,6-7,14H,1-2,5H2. The van der Waals surface area contributed by atoms with E-state index in [0.717, 1.165) is 29.4 Å². The molecule has 0 aliphatic carbocycles. The van der Waals surface area contributed by atoms with Gasteiger partial charge in [0.1, 0.15) is 5.82 Å². The third-order valence-corrected chi connectivity index (χ3v) is 2.49. The first-order valence-electron chi connectivity index (χ1n) is 4.63. The monoisotopic (exact) mass is 211 g/mol. The number of hydrogen-bond acceptors (Lipinski definition) is 0. The molecule has 0 atom stereocenters. The van der Waals surface area contributed by atoms with Gasteiger partial charge in [-0.15, -0.1) is 11.6 Å². The SMILES string of the molecule is Fc1ccc2[nH]c(CCCCl)cc2c1. The highest BCUT2D eigenvalue weighted by Gasteiger charge is 2.01. The lowest BCUT2D eigenvalue weighted by Gasteiger charge is -1.91. The zero-order valence-corrected chi connectivity index (χ0v) is 8.44. The number of halogens is 2. The van der Waals surface area contributed by atoms with Gasteiger partial charge in [-0.25, -0.2) is 4.39 Å². The Morgan fingerprint density at radius 1 is 1.29 bits per heavy atom. The van der Waals surface area contributed by atoms with Crippen LogP contribution in [0.3, 0.4) is 0 Å². The van der Waals surface area contributed by atoms with E-state index in [0.29, 0.717) is 5.88 Å². The second-order valence-corrected chi connectivity index (χ2v) is 3.70. The normalized spacial score (nSPS) is 11.0. The molecule has 1 nitrogen and oxygen atoms in total. The van der Waals surface area contributed by atoms with Crippen molar-refractivity contribution in [1.82, 2.24) is 4.98 Å². The molecule has 1 heterocycles. The average molecular weight is 212 g/mol. The molecule has 0 bridgehead atoms.